The number of hydrogen-bond donors (Lipinski definition) is 0. The van der Waals surface area contributed by atoms with Gasteiger partial charge in [0.25, 0.3) is 11.6 Å². The summed E-state index contributed by atoms with van der Waals surface area (Å²) in [6, 6.07) is 21.9. The predicted octanol–water partition coefficient (Wildman–Crippen LogP) is 5.10. The molecule has 39 heavy (non-hydrogen) atoms. The maximum Gasteiger partial charge on any atom is 0.269 e. The Morgan fingerprint density at radius 3 is 2.23 bits per heavy atom. The molecule has 3 heterocycles. The highest BCUT2D eigenvalue weighted by atomic mass is 19.1. The first-order chi connectivity index (χ1) is 19.0. The number of nitro benzene ring substituents is 1. The molecular formula is C29H23FN6O3. The third kappa shape index (κ3) is 4.56. The molecule has 1 aliphatic heterocycles. The monoisotopic (exact) mass is 522 g/mol. The molecule has 0 radical (unpaired) electrons. The number of piperazine rings is 1. The first kappa shape index (κ1) is 24.2. The molecule has 0 aliphatic carbocycles. The second-order valence-corrected chi connectivity index (χ2v) is 9.23. The molecule has 1 fully saturated rings. The van der Waals surface area contributed by atoms with Crippen LogP contribution in [0, 0.1) is 15.9 Å². The summed E-state index contributed by atoms with van der Waals surface area (Å²) in [7, 11) is 0. The number of carbonyl (C=O) groups excluding carboxylic acids is 1. The summed E-state index contributed by atoms with van der Waals surface area (Å²) in [6.45, 7) is 2.06. The van der Waals surface area contributed by atoms with Crippen LogP contribution in [0.15, 0.2) is 91.4 Å². The molecule has 0 spiro atoms. The zero-order chi connectivity index (χ0) is 26.9. The number of nitrogens with zero attached hydrogens (tertiary/aromatic N) is 6. The van der Waals surface area contributed by atoms with Crippen molar-refractivity contribution in [1.82, 2.24) is 19.4 Å². The third-order valence-electron chi connectivity index (χ3n) is 6.94. The van der Waals surface area contributed by atoms with Crippen molar-refractivity contribution in [3.05, 3.63) is 113 Å². The molecule has 5 aromatic rings. The fraction of sp³-hybridized carbons (Fsp3) is 0.138. The summed E-state index contributed by atoms with van der Waals surface area (Å²) >= 11 is 0. The van der Waals surface area contributed by atoms with Crippen molar-refractivity contribution >= 4 is 28.4 Å². The van der Waals surface area contributed by atoms with E-state index in [1.54, 1.807) is 17.0 Å². The molecule has 10 heteroatoms. The van der Waals surface area contributed by atoms with E-state index < -0.39 is 4.92 Å². The predicted molar refractivity (Wildman–Crippen MR) is 145 cm³/mol. The number of amides is 1. The van der Waals surface area contributed by atoms with Crippen molar-refractivity contribution in [3.8, 4) is 16.8 Å². The fourth-order valence-electron chi connectivity index (χ4n) is 4.95. The number of non-ortho nitro benzene ring substituents is 1. The van der Waals surface area contributed by atoms with Crippen LogP contribution in [0.1, 0.15) is 10.4 Å². The third-order valence-corrected chi connectivity index (χ3v) is 6.94. The van der Waals surface area contributed by atoms with Crippen LogP contribution in [-0.2, 0) is 0 Å². The average molecular weight is 523 g/mol. The van der Waals surface area contributed by atoms with Crippen molar-refractivity contribution in [2.24, 2.45) is 0 Å². The molecule has 9 nitrogen and oxygen atoms in total. The summed E-state index contributed by atoms with van der Waals surface area (Å²) < 4.78 is 15.6. The van der Waals surface area contributed by atoms with Crippen LogP contribution in [0.5, 0.6) is 0 Å². The second kappa shape index (κ2) is 9.97. The molecule has 1 saturated heterocycles. The van der Waals surface area contributed by atoms with Gasteiger partial charge in [-0.2, -0.15) is 0 Å². The van der Waals surface area contributed by atoms with E-state index in [0.717, 1.165) is 28.0 Å². The molecular weight excluding hydrogens is 499 g/mol. The van der Waals surface area contributed by atoms with Crippen LogP contribution in [0.25, 0.3) is 27.8 Å². The molecule has 0 saturated carbocycles. The van der Waals surface area contributed by atoms with Crippen molar-refractivity contribution in [2.45, 2.75) is 0 Å². The van der Waals surface area contributed by atoms with E-state index in [4.69, 9.17) is 0 Å². The van der Waals surface area contributed by atoms with Gasteiger partial charge in [-0.25, -0.2) is 14.4 Å². The Balaban J connectivity index is 1.33. The lowest BCUT2D eigenvalue weighted by Gasteiger charge is -2.35. The summed E-state index contributed by atoms with van der Waals surface area (Å²) in [6.07, 6.45) is 3.53. The van der Waals surface area contributed by atoms with Crippen molar-refractivity contribution < 1.29 is 14.1 Å². The standard InChI is InChI=1S/C29H23FN6O3/c30-22-8-12-23(13-9-22)35-18-25(20-4-2-1-3-5-20)26-27(31-19-32-28(26)35)33-14-16-34(17-15-33)29(37)21-6-10-24(11-7-21)36(38)39/h1-13,18-19H,14-17H2. The van der Waals surface area contributed by atoms with E-state index >= 15 is 0 Å². The van der Waals surface area contributed by atoms with Crippen molar-refractivity contribution in [2.75, 3.05) is 31.1 Å². The van der Waals surface area contributed by atoms with Crippen LogP contribution < -0.4 is 4.90 Å². The highest BCUT2D eigenvalue weighted by molar-refractivity contribution is 6.02. The molecule has 0 bridgehead atoms. The van der Waals surface area contributed by atoms with Gasteiger partial charge in [0.1, 0.15) is 18.0 Å². The van der Waals surface area contributed by atoms with Gasteiger partial charge in [-0.1, -0.05) is 30.3 Å². The Hall–Kier alpha value is -5.12. The van der Waals surface area contributed by atoms with E-state index in [1.807, 2.05) is 41.1 Å². The van der Waals surface area contributed by atoms with E-state index in [-0.39, 0.29) is 17.4 Å². The Morgan fingerprint density at radius 1 is 0.872 bits per heavy atom. The molecule has 0 N–H and O–H groups in total. The maximum atomic E-state index is 13.6. The SMILES string of the molecule is O=C(c1ccc([N+](=O)[O-])cc1)N1CCN(c2ncnc3c2c(-c2ccccc2)cn3-c2ccc(F)cc2)CC1. The number of fused-ring (bicyclic) bond motifs is 1. The van der Waals surface area contributed by atoms with Crippen LogP contribution in [0.4, 0.5) is 15.9 Å². The zero-order valence-corrected chi connectivity index (χ0v) is 20.8. The minimum atomic E-state index is -0.484. The largest absolute Gasteiger partial charge is 0.352 e. The minimum absolute atomic E-state index is 0.0501. The highest BCUT2D eigenvalue weighted by Gasteiger charge is 2.26. The van der Waals surface area contributed by atoms with Gasteiger partial charge in [-0.15, -0.1) is 0 Å². The summed E-state index contributed by atoms with van der Waals surface area (Å²) in [4.78, 5) is 36.7. The number of anilines is 1. The quantitative estimate of drug-likeness (QED) is 0.235. The first-order valence-corrected chi connectivity index (χ1v) is 12.5. The Morgan fingerprint density at radius 2 is 1.56 bits per heavy atom. The van der Waals surface area contributed by atoms with Crippen molar-refractivity contribution in [3.63, 3.8) is 0 Å². The molecule has 2 aromatic heterocycles. The van der Waals surface area contributed by atoms with Crippen LogP contribution in [0.3, 0.4) is 0 Å². The molecule has 1 amide bonds. The van der Waals surface area contributed by atoms with Crippen LogP contribution in [0.2, 0.25) is 0 Å². The number of hydrogen-bond acceptors (Lipinski definition) is 6. The Bertz CT molecular complexity index is 1660. The number of rotatable bonds is 5. The first-order valence-electron chi connectivity index (χ1n) is 12.5. The Kier molecular flexibility index (Phi) is 6.20. The molecule has 194 valence electrons. The Labute approximate surface area is 222 Å². The van der Waals surface area contributed by atoms with Gasteiger partial charge in [0.2, 0.25) is 0 Å². The number of aromatic nitrogens is 3. The summed E-state index contributed by atoms with van der Waals surface area (Å²) in [5.41, 5.74) is 3.81. The van der Waals surface area contributed by atoms with Gasteiger partial charge < -0.3 is 14.4 Å². The molecule has 3 aromatic carbocycles. The van der Waals surface area contributed by atoms with Gasteiger partial charge in [-0.05, 0) is 42.0 Å². The van der Waals surface area contributed by atoms with Gasteiger partial charge in [0.15, 0.2) is 5.65 Å². The van der Waals surface area contributed by atoms with Gasteiger partial charge in [0.05, 0.1) is 10.3 Å². The summed E-state index contributed by atoms with van der Waals surface area (Å²) in [5, 5.41) is 11.8. The zero-order valence-electron chi connectivity index (χ0n) is 20.8. The lowest BCUT2D eigenvalue weighted by atomic mass is 10.1. The van der Waals surface area contributed by atoms with Crippen LogP contribution >= 0.6 is 0 Å². The van der Waals surface area contributed by atoms with E-state index in [9.17, 15) is 19.3 Å². The normalized spacial score (nSPS) is 13.6. The summed E-state index contributed by atoms with van der Waals surface area (Å²) in [5.74, 6) is 0.293. The van der Waals surface area contributed by atoms with Crippen molar-refractivity contribution in [1.29, 1.82) is 0 Å². The molecule has 1 aliphatic rings. The fourth-order valence-corrected chi connectivity index (χ4v) is 4.95. The number of carbonyl (C=O) groups is 1. The van der Waals surface area contributed by atoms with E-state index in [1.165, 1.54) is 42.7 Å². The lowest BCUT2D eigenvalue weighted by Crippen LogP contribution is -2.49. The minimum Gasteiger partial charge on any atom is -0.352 e. The maximum absolute atomic E-state index is 13.6. The van der Waals surface area contributed by atoms with Crippen LogP contribution in [-0.4, -0.2) is 56.4 Å². The molecule has 0 atom stereocenters. The number of benzene rings is 3. The van der Waals surface area contributed by atoms with Gasteiger partial charge in [-0.3, -0.25) is 14.9 Å². The topological polar surface area (TPSA) is 97.4 Å². The average Bonchev–Trinajstić information content (AvgIpc) is 3.38. The van der Waals surface area contributed by atoms with E-state index in [2.05, 4.69) is 14.9 Å². The van der Waals surface area contributed by atoms with Gasteiger partial charge in [0, 0.05) is 61.3 Å². The molecule has 6 rings (SSSR count). The molecule has 0 unspecified atom stereocenters. The number of halogens is 1. The second-order valence-electron chi connectivity index (χ2n) is 9.23. The smallest absolute Gasteiger partial charge is 0.269 e. The van der Waals surface area contributed by atoms with Gasteiger partial charge >= 0.3 is 0 Å². The number of nitro groups is 1. The highest BCUT2D eigenvalue weighted by Crippen LogP contribution is 2.37. The lowest BCUT2D eigenvalue weighted by molar-refractivity contribution is -0.384. The van der Waals surface area contributed by atoms with E-state index in [0.29, 0.717) is 37.4 Å².